The molecule has 0 radical (unpaired) electrons. The van der Waals surface area contributed by atoms with Gasteiger partial charge in [0.25, 0.3) is 0 Å². The summed E-state index contributed by atoms with van der Waals surface area (Å²) in [4.78, 5) is 22.3. The number of carboxylic acid groups (broad SMARTS) is 1. The van der Waals surface area contributed by atoms with E-state index < -0.39 is 12.0 Å². The first-order valence-corrected chi connectivity index (χ1v) is 5.99. The van der Waals surface area contributed by atoms with E-state index in [-0.39, 0.29) is 11.8 Å². The number of carbonyl (C=O) groups excluding carboxylic acids is 1. The van der Waals surface area contributed by atoms with Crippen LogP contribution in [0.25, 0.3) is 0 Å². The van der Waals surface area contributed by atoms with E-state index in [4.69, 9.17) is 5.11 Å². The second kappa shape index (κ2) is 8.13. The van der Waals surface area contributed by atoms with Crippen LogP contribution < -0.4 is 5.32 Å². The monoisotopic (exact) mass is 229 g/mol. The van der Waals surface area contributed by atoms with E-state index in [1.54, 1.807) is 0 Å². The normalized spacial score (nSPS) is 12.5. The number of amides is 1. The lowest BCUT2D eigenvalue weighted by atomic mass is 10.0. The van der Waals surface area contributed by atoms with Crippen molar-refractivity contribution in [3.05, 3.63) is 0 Å². The maximum absolute atomic E-state index is 11.4. The molecule has 0 heterocycles. The van der Waals surface area contributed by atoms with Gasteiger partial charge in [0.15, 0.2) is 0 Å². The predicted octanol–water partition coefficient (Wildman–Crippen LogP) is 2.18. The SMILES string of the molecule is CCCCCC(=O)NC(CC(C)C)C(=O)O. The average Bonchev–Trinajstić information content (AvgIpc) is 2.16. The molecule has 0 saturated heterocycles. The summed E-state index contributed by atoms with van der Waals surface area (Å²) in [6.07, 6.45) is 3.80. The molecule has 94 valence electrons. The number of nitrogens with one attached hydrogen (secondary N) is 1. The quantitative estimate of drug-likeness (QED) is 0.627. The highest BCUT2D eigenvalue weighted by atomic mass is 16.4. The molecule has 0 aliphatic carbocycles. The fourth-order valence-corrected chi connectivity index (χ4v) is 1.49. The Morgan fingerprint density at radius 3 is 2.31 bits per heavy atom. The molecule has 1 unspecified atom stereocenters. The summed E-state index contributed by atoms with van der Waals surface area (Å²) < 4.78 is 0. The lowest BCUT2D eigenvalue weighted by Gasteiger charge is -2.16. The topological polar surface area (TPSA) is 66.4 Å². The Balaban J connectivity index is 3.98. The minimum Gasteiger partial charge on any atom is -0.480 e. The van der Waals surface area contributed by atoms with Crippen molar-refractivity contribution in [1.29, 1.82) is 0 Å². The number of hydrogen-bond donors (Lipinski definition) is 2. The Morgan fingerprint density at radius 2 is 1.88 bits per heavy atom. The van der Waals surface area contributed by atoms with E-state index in [0.717, 1.165) is 19.3 Å². The Hall–Kier alpha value is -1.06. The van der Waals surface area contributed by atoms with Gasteiger partial charge >= 0.3 is 5.97 Å². The fraction of sp³-hybridized carbons (Fsp3) is 0.833. The second-order valence-corrected chi connectivity index (χ2v) is 4.54. The molecule has 0 saturated carbocycles. The Kier molecular flexibility index (Phi) is 7.60. The van der Waals surface area contributed by atoms with Crippen LogP contribution in [0, 0.1) is 5.92 Å². The number of hydrogen-bond acceptors (Lipinski definition) is 2. The van der Waals surface area contributed by atoms with Crippen LogP contribution in [0.1, 0.15) is 52.9 Å². The van der Waals surface area contributed by atoms with E-state index in [1.165, 1.54) is 0 Å². The van der Waals surface area contributed by atoms with Gasteiger partial charge in [0.05, 0.1) is 0 Å². The third kappa shape index (κ3) is 7.26. The number of rotatable bonds is 8. The average molecular weight is 229 g/mol. The highest BCUT2D eigenvalue weighted by Crippen LogP contribution is 2.06. The first-order chi connectivity index (χ1) is 7.47. The summed E-state index contributed by atoms with van der Waals surface area (Å²) in [5.41, 5.74) is 0. The van der Waals surface area contributed by atoms with Gasteiger partial charge in [-0.3, -0.25) is 4.79 Å². The first-order valence-electron chi connectivity index (χ1n) is 5.99. The van der Waals surface area contributed by atoms with Gasteiger partial charge < -0.3 is 10.4 Å². The van der Waals surface area contributed by atoms with Crippen molar-refractivity contribution in [1.82, 2.24) is 5.32 Å². The van der Waals surface area contributed by atoms with Crippen LogP contribution in [0.2, 0.25) is 0 Å². The Morgan fingerprint density at radius 1 is 1.25 bits per heavy atom. The molecule has 16 heavy (non-hydrogen) atoms. The van der Waals surface area contributed by atoms with Crippen LogP contribution in [0.15, 0.2) is 0 Å². The zero-order valence-electron chi connectivity index (χ0n) is 10.5. The molecule has 0 aromatic rings. The minimum absolute atomic E-state index is 0.151. The van der Waals surface area contributed by atoms with Crippen LogP contribution in [0.4, 0.5) is 0 Å². The molecular weight excluding hydrogens is 206 g/mol. The molecule has 0 rings (SSSR count). The van der Waals surface area contributed by atoms with E-state index in [1.807, 2.05) is 13.8 Å². The van der Waals surface area contributed by atoms with Gasteiger partial charge in [-0.25, -0.2) is 4.79 Å². The molecule has 1 atom stereocenters. The summed E-state index contributed by atoms with van der Waals surface area (Å²) in [5, 5.41) is 11.5. The lowest BCUT2D eigenvalue weighted by Crippen LogP contribution is -2.41. The molecule has 4 nitrogen and oxygen atoms in total. The molecule has 0 aromatic heterocycles. The van der Waals surface area contributed by atoms with Crippen LogP contribution in [0.5, 0.6) is 0 Å². The zero-order chi connectivity index (χ0) is 12.6. The third-order valence-electron chi connectivity index (χ3n) is 2.35. The van der Waals surface area contributed by atoms with Crippen molar-refractivity contribution >= 4 is 11.9 Å². The predicted molar refractivity (Wildman–Crippen MR) is 63.2 cm³/mol. The van der Waals surface area contributed by atoms with E-state index in [0.29, 0.717) is 12.8 Å². The molecule has 0 spiro atoms. The van der Waals surface area contributed by atoms with Crippen LogP contribution in [0.3, 0.4) is 0 Å². The third-order valence-corrected chi connectivity index (χ3v) is 2.35. The zero-order valence-corrected chi connectivity index (χ0v) is 10.5. The van der Waals surface area contributed by atoms with Gasteiger partial charge in [-0.15, -0.1) is 0 Å². The molecular formula is C12H23NO3. The molecule has 0 fully saturated rings. The van der Waals surface area contributed by atoms with Crippen molar-refractivity contribution in [3.8, 4) is 0 Å². The van der Waals surface area contributed by atoms with Gasteiger partial charge in [0.2, 0.25) is 5.91 Å². The summed E-state index contributed by atoms with van der Waals surface area (Å²) in [6.45, 7) is 5.95. The molecule has 0 bridgehead atoms. The van der Waals surface area contributed by atoms with Crippen LogP contribution in [-0.2, 0) is 9.59 Å². The molecule has 0 aliphatic heterocycles. The summed E-state index contributed by atoms with van der Waals surface area (Å²) in [6, 6.07) is -0.742. The number of carbonyl (C=O) groups is 2. The fourth-order valence-electron chi connectivity index (χ4n) is 1.49. The molecule has 1 amide bonds. The van der Waals surface area contributed by atoms with Crippen LogP contribution in [-0.4, -0.2) is 23.0 Å². The molecule has 2 N–H and O–H groups in total. The van der Waals surface area contributed by atoms with E-state index in [9.17, 15) is 9.59 Å². The van der Waals surface area contributed by atoms with E-state index in [2.05, 4.69) is 12.2 Å². The summed E-state index contributed by atoms with van der Waals surface area (Å²) >= 11 is 0. The van der Waals surface area contributed by atoms with Crippen molar-refractivity contribution < 1.29 is 14.7 Å². The van der Waals surface area contributed by atoms with Gasteiger partial charge in [0, 0.05) is 6.42 Å². The summed E-state index contributed by atoms with van der Waals surface area (Å²) in [5.74, 6) is -0.837. The van der Waals surface area contributed by atoms with Crippen molar-refractivity contribution in [2.45, 2.75) is 58.9 Å². The second-order valence-electron chi connectivity index (χ2n) is 4.54. The lowest BCUT2D eigenvalue weighted by molar-refractivity contribution is -0.142. The highest BCUT2D eigenvalue weighted by Gasteiger charge is 2.20. The maximum Gasteiger partial charge on any atom is 0.326 e. The van der Waals surface area contributed by atoms with Crippen molar-refractivity contribution in [2.75, 3.05) is 0 Å². The largest absolute Gasteiger partial charge is 0.480 e. The first kappa shape index (κ1) is 14.9. The van der Waals surface area contributed by atoms with Gasteiger partial charge in [-0.05, 0) is 18.8 Å². The molecule has 0 aliphatic rings. The highest BCUT2D eigenvalue weighted by molar-refractivity contribution is 5.83. The van der Waals surface area contributed by atoms with Crippen molar-refractivity contribution in [3.63, 3.8) is 0 Å². The van der Waals surface area contributed by atoms with Crippen molar-refractivity contribution in [2.24, 2.45) is 5.92 Å². The van der Waals surface area contributed by atoms with Gasteiger partial charge in [-0.2, -0.15) is 0 Å². The Bertz CT molecular complexity index is 226. The molecule has 0 aromatic carbocycles. The minimum atomic E-state index is -0.947. The standard InChI is InChI=1S/C12H23NO3/c1-4-5-6-7-11(14)13-10(12(15)16)8-9(2)3/h9-10H,4-8H2,1-3H3,(H,13,14)(H,15,16). The molecule has 4 heteroatoms. The Labute approximate surface area is 97.4 Å². The number of carboxylic acids is 1. The smallest absolute Gasteiger partial charge is 0.326 e. The van der Waals surface area contributed by atoms with Crippen LogP contribution >= 0.6 is 0 Å². The maximum atomic E-state index is 11.4. The van der Waals surface area contributed by atoms with Gasteiger partial charge in [-0.1, -0.05) is 33.6 Å². The number of unbranched alkanes of at least 4 members (excludes halogenated alkanes) is 2. The van der Waals surface area contributed by atoms with Gasteiger partial charge in [0.1, 0.15) is 6.04 Å². The number of aliphatic carboxylic acids is 1. The van der Waals surface area contributed by atoms with E-state index >= 15 is 0 Å². The summed E-state index contributed by atoms with van der Waals surface area (Å²) in [7, 11) is 0.